The van der Waals surface area contributed by atoms with Crippen LogP contribution >= 0.6 is 0 Å². The molecule has 0 N–H and O–H groups in total. The molecule has 0 spiro atoms. The fourth-order valence-electron chi connectivity index (χ4n) is 2.50. The molecule has 3 nitrogen and oxygen atoms in total. The Hall–Kier alpha value is -2.55. The third-order valence-corrected chi connectivity index (χ3v) is 3.68. The Morgan fingerprint density at radius 2 is 1.71 bits per heavy atom. The highest BCUT2D eigenvalue weighted by atomic mass is 16.5. The summed E-state index contributed by atoms with van der Waals surface area (Å²) < 4.78 is 7.57. The lowest BCUT2D eigenvalue weighted by molar-refractivity contribution is 0.408. The van der Waals surface area contributed by atoms with Gasteiger partial charge in [0.2, 0.25) is 0 Å². The highest BCUT2D eigenvalue weighted by molar-refractivity contribution is 5.61. The van der Waals surface area contributed by atoms with Gasteiger partial charge in [0.1, 0.15) is 5.75 Å². The average molecular weight is 278 g/mol. The topological polar surface area (TPSA) is 27.1 Å². The molecule has 0 bridgehead atoms. The second-order valence-electron chi connectivity index (χ2n) is 4.98. The molecule has 2 aromatic carbocycles. The first-order valence-corrected chi connectivity index (χ1v) is 6.98. The maximum absolute atomic E-state index is 5.42. The fraction of sp³-hybridized carbons (Fsp3) is 0.167. The van der Waals surface area contributed by atoms with Gasteiger partial charge in [-0.25, -0.2) is 4.98 Å². The molecular weight excluding hydrogens is 260 g/mol. The molecular formula is C18H18N2O. The van der Waals surface area contributed by atoms with Gasteiger partial charge >= 0.3 is 0 Å². The van der Waals surface area contributed by atoms with E-state index in [0.717, 1.165) is 34.8 Å². The Morgan fingerprint density at radius 1 is 1.00 bits per heavy atom. The van der Waals surface area contributed by atoms with E-state index in [0.29, 0.717) is 0 Å². The van der Waals surface area contributed by atoms with Gasteiger partial charge in [-0.05, 0) is 13.0 Å². The van der Waals surface area contributed by atoms with Crippen LogP contribution in [0.1, 0.15) is 11.3 Å². The van der Waals surface area contributed by atoms with Gasteiger partial charge in [0.15, 0.2) is 0 Å². The molecule has 0 aliphatic rings. The largest absolute Gasteiger partial charge is 0.496 e. The van der Waals surface area contributed by atoms with Crippen LogP contribution in [0.15, 0.2) is 60.9 Å². The van der Waals surface area contributed by atoms with Crippen LogP contribution in [0.2, 0.25) is 0 Å². The van der Waals surface area contributed by atoms with Crippen molar-refractivity contribution in [3.05, 3.63) is 72.2 Å². The number of aromatic nitrogens is 2. The van der Waals surface area contributed by atoms with Crippen LogP contribution in [-0.2, 0) is 6.54 Å². The summed E-state index contributed by atoms with van der Waals surface area (Å²) in [5.74, 6) is 0.909. The number of para-hydroxylation sites is 1. The number of benzene rings is 2. The van der Waals surface area contributed by atoms with Crippen LogP contribution in [0.25, 0.3) is 11.3 Å². The molecule has 0 radical (unpaired) electrons. The summed E-state index contributed by atoms with van der Waals surface area (Å²) in [5, 5.41) is 0. The third kappa shape index (κ3) is 2.68. The Morgan fingerprint density at radius 3 is 2.48 bits per heavy atom. The van der Waals surface area contributed by atoms with E-state index in [4.69, 9.17) is 4.74 Å². The van der Waals surface area contributed by atoms with Gasteiger partial charge < -0.3 is 9.30 Å². The number of rotatable bonds is 4. The molecule has 0 aliphatic heterocycles. The molecule has 0 aliphatic carbocycles. The SMILES string of the molecule is COc1ccccc1Cn1cnc(-c2ccccc2)c1C. The van der Waals surface area contributed by atoms with E-state index in [1.54, 1.807) is 7.11 Å². The summed E-state index contributed by atoms with van der Waals surface area (Å²) in [5.41, 5.74) is 4.49. The molecule has 0 amide bonds. The Bertz CT molecular complexity index is 732. The van der Waals surface area contributed by atoms with Crippen LogP contribution in [0.4, 0.5) is 0 Å². The van der Waals surface area contributed by atoms with Gasteiger partial charge in [-0.3, -0.25) is 0 Å². The zero-order valence-corrected chi connectivity index (χ0v) is 12.3. The van der Waals surface area contributed by atoms with Gasteiger partial charge in [0.25, 0.3) is 0 Å². The van der Waals surface area contributed by atoms with Crippen molar-refractivity contribution in [1.29, 1.82) is 0 Å². The first-order chi connectivity index (χ1) is 10.3. The van der Waals surface area contributed by atoms with Gasteiger partial charge in [-0.2, -0.15) is 0 Å². The molecule has 0 fully saturated rings. The zero-order chi connectivity index (χ0) is 14.7. The maximum atomic E-state index is 5.42. The van der Waals surface area contributed by atoms with E-state index in [9.17, 15) is 0 Å². The van der Waals surface area contributed by atoms with Crippen LogP contribution in [0.3, 0.4) is 0 Å². The lowest BCUT2D eigenvalue weighted by Crippen LogP contribution is -2.02. The minimum Gasteiger partial charge on any atom is -0.496 e. The van der Waals surface area contributed by atoms with Crippen molar-refractivity contribution in [2.75, 3.05) is 7.11 Å². The first-order valence-electron chi connectivity index (χ1n) is 6.98. The number of methoxy groups -OCH3 is 1. The van der Waals surface area contributed by atoms with E-state index in [-0.39, 0.29) is 0 Å². The quantitative estimate of drug-likeness (QED) is 0.723. The lowest BCUT2D eigenvalue weighted by Gasteiger charge is -2.10. The van der Waals surface area contributed by atoms with Gasteiger partial charge in [-0.1, -0.05) is 48.5 Å². The molecule has 0 unspecified atom stereocenters. The van der Waals surface area contributed by atoms with Crippen molar-refractivity contribution < 1.29 is 4.74 Å². The molecule has 3 heteroatoms. The number of hydrogen-bond acceptors (Lipinski definition) is 2. The van der Waals surface area contributed by atoms with E-state index < -0.39 is 0 Å². The van der Waals surface area contributed by atoms with E-state index in [1.807, 2.05) is 42.7 Å². The zero-order valence-electron chi connectivity index (χ0n) is 12.3. The maximum Gasteiger partial charge on any atom is 0.123 e. The number of nitrogens with zero attached hydrogens (tertiary/aromatic N) is 2. The molecule has 0 saturated heterocycles. The van der Waals surface area contributed by atoms with E-state index >= 15 is 0 Å². The van der Waals surface area contributed by atoms with E-state index in [2.05, 4.69) is 34.7 Å². The summed E-state index contributed by atoms with van der Waals surface area (Å²) in [6.07, 6.45) is 1.89. The smallest absolute Gasteiger partial charge is 0.123 e. The average Bonchev–Trinajstić information content (AvgIpc) is 2.90. The Labute approximate surface area is 124 Å². The van der Waals surface area contributed by atoms with Crippen molar-refractivity contribution >= 4 is 0 Å². The van der Waals surface area contributed by atoms with Crippen LogP contribution in [-0.4, -0.2) is 16.7 Å². The summed E-state index contributed by atoms with van der Waals surface area (Å²) >= 11 is 0. The van der Waals surface area contributed by atoms with Crippen LogP contribution < -0.4 is 4.74 Å². The van der Waals surface area contributed by atoms with Gasteiger partial charge in [0, 0.05) is 16.8 Å². The van der Waals surface area contributed by atoms with Crippen LogP contribution in [0.5, 0.6) is 5.75 Å². The number of imidazole rings is 1. The fourth-order valence-corrected chi connectivity index (χ4v) is 2.50. The second kappa shape index (κ2) is 5.83. The molecule has 1 heterocycles. The van der Waals surface area contributed by atoms with Crippen molar-refractivity contribution in [2.45, 2.75) is 13.5 Å². The third-order valence-electron chi connectivity index (χ3n) is 3.68. The standard InChI is InChI=1S/C18H18N2O/c1-14-18(15-8-4-3-5-9-15)19-13-20(14)12-16-10-6-7-11-17(16)21-2/h3-11,13H,12H2,1-2H3. The monoisotopic (exact) mass is 278 g/mol. The minimum absolute atomic E-state index is 0.760. The first kappa shape index (κ1) is 13.4. The molecule has 0 atom stereocenters. The minimum atomic E-state index is 0.760. The lowest BCUT2D eigenvalue weighted by atomic mass is 10.1. The summed E-state index contributed by atoms with van der Waals surface area (Å²) in [6, 6.07) is 18.3. The molecule has 106 valence electrons. The molecule has 3 aromatic rings. The van der Waals surface area contributed by atoms with Gasteiger partial charge in [0.05, 0.1) is 25.7 Å². The van der Waals surface area contributed by atoms with Crippen molar-refractivity contribution in [3.8, 4) is 17.0 Å². The van der Waals surface area contributed by atoms with Crippen molar-refractivity contribution in [1.82, 2.24) is 9.55 Å². The normalized spacial score (nSPS) is 10.6. The van der Waals surface area contributed by atoms with Crippen molar-refractivity contribution in [2.24, 2.45) is 0 Å². The Kier molecular flexibility index (Phi) is 3.73. The predicted molar refractivity (Wildman–Crippen MR) is 84.5 cm³/mol. The van der Waals surface area contributed by atoms with Crippen molar-refractivity contribution in [3.63, 3.8) is 0 Å². The number of hydrogen-bond donors (Lipinski definition) is 0. The summed E-state index contributed by atoms with van der Waals surface area (Å²) in [6.45, 7) is 2.86. The van der Waals surface area contributed by atoms with Gasteiger partial charge in [-0.15, -0.1) is 0 Å². The molecule has 21 heavy (non-hydrogen) atoms. The highest BCUT2D eigenvalue weighted by Crippen LogP contribution is 2.24. The molecule has 3 rings (SSSR count). The molecule has 0 saturated carbocycles. The molecule has 1 aromatic heterocycles. The second-order valence-corrected chi connectivity index (χ2v) is 4.98. The van der Waals surface area contributed by atoms with Crippen LogP contribution in [0, 0.1) is 6.92 Å². The summed E-state index contributed by atoms with van der Waals surface area (Å²) in [4.78, 5) is 4.56. The van der Waals surface area contributed by atoms with E-state index in [1.165, 1.54) is 0 Å². The predicted octanol–water partition coefficient (Wildman–Crippen LogP) is 3.92. The highest BCUT2D eigenvalue weighted by Gasteiger charge is 2.10. The summed E-state index contributed by atoms with van der Waals surface area (Å²) in [7, 11) is 1.70. The Balaban J connectivity index is 1.93. The number of ether oxygens (including phenoxy) is 1.